The SMILES string of the molecule is CC(C)C(O)CC(=O)NC1CCN(c2ccc(Cl)c(F)c2)C1. The van der Waals surface area contributed by atoms with Gasteiger partial charge in [-0.15, -0.1) is 0 Å². The summed E-state index contributed by atoms with van der Waals surface area (Å²) < 4.78 is 13.5. The number of benzene rings is 1. The van der Waals surface area contributed by atoms with E-state index in [1.54, 1.807) is 6.07 Å². The van der Waals surface area contributed by atoms with Gasteiger partial charge in [-0.25, -0.2) is 4.39 Å². The first-order chi connectivity index (χ1) is 10.4. The summed E-state index contributed by atoms with van der Waals surface area (Å²) in [6.45, 7) is 5.14. The van der Waals surface area contributed by atoms with Gasteiger partial charge < -0.3 is 15.3 Å². The fraction of sp³-hybridized carbons (Fsp3) is 0.562. The van der Waals surface area contributed by atoms with Gasteiger partial charge in [0.05, 0.1) is 17.5 Å². The molecule has 1 saturated heterocycles. The third kappa shape index (κ3) is 4.34. The number of amides is 1. The first kappa shape index (κ1) is 17.0. The molecular formula is C16H22ClFN2O2. The molecule has 122 valence electrons. The molecule has 1 aromatic rings. The summed E-state index contributed by atoms with van der Waals surface area (Å²) in [5, 5.41) is 12.8. The van der Waals surface area contributed by atoms with Gasteiger partial charge in [-0.2, -0.15) is 0 Å². The summed E-state index contributed by atoms with van der Waals surface area (Å²) in [7, 11) is 0. The van der Waals surface area contributed by atoms with E-state index in [-0.39, 0.29) is 29.3 Å². The Morgan fingerprint density at radius 2 is 2.27 bits per heavy atom. The van der Waals surface area contributed by atoms with Crippen LogP contribution in [0, 0.1) is 11.7 Å². The highest BCUT2D eigenvalue weighted by molar-refractivity contribution is 6.30. The number of aliphatic hydroxyl groups is 1. The molecule has 1 aliphatic heterocycles. The van der Waals surface area contributed by atoms with Crippen LogP contribution in [0.15, 0.2) is 18.2 Å². The fourth-order valence-corrected chi connectivity index (χ4v) is 2.62. The largest absolute Gasteiger partial charge is 0.392 e. The third-order valence-corrected chi connectivity index (χ3v) is 4.29. The molecule has 4 nitrogen and oxygen atoms in total. The Morgan fingerprint density at radius 1 is 1.55 bits per heavy atom. The van der Waals surface area contributed by atoms with Crippen molar-refractivity contribution in [3.8, 4) is 0 Å². The van der Waals surface area contributed by atoms with E-state index in [2.05, 4.69) is 5.32 Å². The van der Waals surface area contributed by atoms with Crippen LogP contribution in [-0.2, 0) is 4.79 Å². The number of hydrogen-bond acceptors (Lipinski definition) is 3. The number of halogens is 2. The van der Waals surface area contributed by atoms with E-state index in [9.17, 15) is 14.3 Å². The molecule has 0 aromatic heterocycles. The lowest BCUT2D eigenvalue weighted by molar-refractivity contribution is -0.124. The number of anilines is 1. The van der Waals surface area contributed by atoms with Crippen LogP contribution in [0.5, 0.6) is 0 Å². The van der Waals surface area contributed by atoms with E-state index in [4.69, 9.17) is 11.6 Å². The zero-order valence-electron chi connectivity index (χ0n) is 12.9. The van der Waals surface area contributed by atoms with E-state index < -0.39 is 11.9 Å². The average molecular weight is 329 g/mol. The summed E-state index contributed by atoms with van der Waals surface area (Å²) in [6.07, 6.45) is 0.292. The Bertz CT molecular complexity index is 539. The predicted octanol–water partition coefficient (Wildman–Crippen LogP) is 2.58. The molecule has 0 radical (unpaired) electrons. The Hall–Kier alpha value is -1.33. The standard InChI is InChI=1S/C16H22ClFN2O2/c1-10(2)15(21)8-16(22)19-11-5-6-20(9-11)12-3-4-13(17)14(18)7-12/h3-4,7,10-11,15,21H,5-6,8-9H2,1-2H3,(H,19,22). The molecule has 2 unspecified atom stereocenters. The minimum Gasteiger partial charge on any atom is -0.392 e. The topological polar surface area (TPSA) is 52.6 Å². The van der Waals surface area contributed by atoms with Crippen LogP contribution < -0.4 is 10.2 Å². The van der Waals surface area contributed by atoms with Crippen molar-refractivity contribution in [1.82, 2.24) is 5.32 Å². The van der Waals surface area contributed by atoms with E-state index in [1.807, 2.05) is 18.7 Å². The highest BCUT2D eigenvalue weighted by Crippen LogP contribution is 2.25. The average Bonchev–Trinajstić information content (AvgIpc) is 2.90. The van der Waals surface area contributed by atoms with Crippen molar-refractivity contribution in [2.24, 2.45) is 5.92 Å². The van der Waals surface area contributed by atoms with Gasteiger partial charge in [-0.1, -0.05) is 25.4 Å². The van der Waals surface area contributed by atoms with Crippen LogP contribution in [0.2, 0.25) is 5.02 Å². The molecule has 1 fully saturated rings. The quantitative estimate of drug-likeness (QED) is 0.873. The van der Waals surface area contributed by atoms with E-state index >= 15 is 0 Å². The number of nitrogens with one attached hydrogen (secondary N) is 1. The minimum atomic E-state index is -0.622. The second-order valence-corrected chi connectivity index (χ2v) is 6.52. The number of aliphatic hydroxyl groups excluding tert-OH is 1. The van der Waals surface area contributed by atoms with Crippen molar-refractivity contribution in [3.05, 3.63) is 29.0 Å². The summed E-state index contributed by atoms with van der Waals surface area (Å²) >= 11 is 5.68. The molecule has 22 heavy (non-hydrogen) atoms. The molecule has 0 spiro atoms. The van der Waals surface area contributed by atoms with Crippen molar-refractivity contribution < 1.29 is 14.3 Å². The molecule has 2 rings (SSSR count). The first-order valence-corrected chi connectivity index (χ1v) is 7.92. The molecule has 1 heterocycles. The predicted molar refractivity (Wildman–Crippen MR) is 85.6 cm³/mol. The van der Waals surface area contributed by atoms with Gasteiger partial charge in [0.25, 0.3) is 0 Å². The molecule has 0 bridgehead atoms. The van der Waals surface area contributed by atoms with Crippen LogP contribution in [0.1, 0.15) is 26.7 Å². The van der Waals surface area contributed by atoms with Gasteiger partial charge in [-0.3, -0.25) is 4.79 Å². The van der Waals surface area contributed by atoms with Crippen LogP contribution in [0.3, 0.4) is 0 Å². The van der Waals surface area contributed by atoms with Crippen molar-refractivity contribution in [2.75, 3.05) is 18.0 Å². The van der Waals surface area contributed by atoms with Crippen molar-refractivity contribution in [2.45, 2.75) is 38.8 Å². The number of carbonyl (C=O) groups is 1. The number of nitrogens with zero attached hydrogens (tertiary/aromatic N) is 1. The molecule has 0 aliphatic carbocycles. The maximum atomic E-state index is 13.5. The third-order valence-electron chi connectivity index (χ3n) is 3.99. The minimum absolute atomic E-state index is 0.0191. The number of rotatable bonds is 5. The number of carbonyl (C=O) groups excluding carboxylic acids is 1. The second kappa shape index (κ2) is 7.29. The molecule has 1 amide bonds. The van der Waals surface area contributed by atoms with E-state index in [0.717, 1.165) is 18.7 Å². The Balaban J connectivity index is 1.87. The lowest BCUT2D eigenvalue weighted by atomic mass is 10.0. The van der Waals surface area contributed by atoms with Crippen LogP contribution in [0.25, 0.3) is 0 Å². The molecule has 6 heteroatoms. The highest BCUT2D eigenvalue weighted by atomic mass is 35.5. The molecular weight excluding hydrogens is 307 g/mol. The van der Waals surface area contributed by atoms with Gasteiger partial charge in [0.15, 0.2) is 0 Å². The highest BCUT2D eigenvalue weighted by Gasteiger charge is 2.25. The van der Waals surface area contributed by atoms with E-state index in [0.29, 0.717) is 6.54 Å². The first-order valence-electron chi connectivity index (χ1n) is 7.54. The zero-order chi connectivity index (χ0) is 16.3. The van der Waals surface area contributed by atoms with Crippen molar-refractivity contribution in [1.29, 1.82) is 0 Å². The van der Waals surface area contributed by atoms with Crippen molar-refractivity contribution in [3.63, 3.8) is 0 Å². The van der Waals surface area contributed by atoms with Gasteiger partial charge in [0.2, 0.25) is 5.91 Å². The molecule has 2 atom stereocenters. The van der Waals surface area contributed by atoms with Gasteiger partial charge in [0.1, 0.15) is 5.82 Å². The summed E-state index contributed by atoms with van der Waals surface area (Å²) in [4.78, 5) is 13.9. The molecule has 1 aromatic carbocycles. The lowest BCUT2D eigenvalue weighted by Gasteiger charge is -2.20. The number of hydrogen-bond donors (Lipinski definition) is 2. The fourth-order valence-electron chi connectivity index (χ4n) is 2.51. The summed E-state index contributed by atoms with van der Waals surface area (Å²) in [5.74, 6) is -0.523. The van der Waals surface area contributed by atoms with E-state index in [1.165, 1.54) is 12.1 Å². The van der Waals surface area contributed by atoms with Crippen LogP contribution in [0.4, 0.5) is 10.1 Å². The van der Waals surface area contributed by atoms with Gasteiger partial charge >= 0.3 is 0 Å². The normalized spacial score (nSPS) is 19.5. The molecule has 2 N–H and O–H groups in total. The van der Waals surface area contributed by atoms with Crippen molar-refractivity contribution >= 4 is 23.2 Å². The van der Waals surface area contributed by atoms with Crippen LogP contribution >= 0.6 is 11.6 Å². The zero-order valence-corrected chi connectivity index (χ0v) is 13.6. The van der Waals surface area contributed by atoms with Gasteiger partial charge in [0, 0.05) is 24.8 Å². The lowest BCUT2D eigenvalue weighted by Crippen LogP contribution is -2.39. The summed E-state index contributed by atoms with van der Waals surface area (Å²) in [5.41, 5.74) is 0.765. The summed E-state index contributed by atoms with van der Waals surface area (Å²) in [6, 6.07) is 4.75. The molecule has 0 saturated carbocycles. The van der Waals surface area contributed by atoms with Gasteiger partial charge in [-0.05, 0) is 30.5 Å². The maximum Gasteiger partial charge on any atom is 0.222 e. The van der Waals surface area contributed by atoms with Crippen LogP contribution in [-0.4, -0.2) is 36.2 Å². The smallest absolute Gasteiger partial charge is 0.222 e. The Morgan fingerprint density at radius 3 is 2.91 bits per heavy atom. The molecule has 1 aliphatic rings. The Labute approximate surface area is 135 Å². The Kier molecular flexibility index (Phi) is 5.64. The second-order valence-electron chi connectivity index (χ2n) is 6.11. The monoisotopic (exact) mass is 328 g/mol. The maximum absolute atomic E-state index is 13.5.